The Morgan fingerprint density at radius 2 is 2.29 bits per heavy atom. The van der Waals surface area contributed by atoms with E-state index in [0.29, 0.717) is 18.4 Å². The van der Waals surface area contributed by atoms with Crippen molar-refractivity contribution in [3.8, 4) is 0 Å². The lowest BCUT2D eigenvalue weighted by molar-refractivity contribution is -0.144. The predicted octanol–water partition coefficient (Wildman–Crippen LogP) is 1.16. The van der Waals surface area contributed by atoms with Gasteiger partial charge in [0.1, 0.15) is 0 Å². The number of hydrogen-bond acceptors (Lipinski definition) is 2. The van der Waals surface area contributed by atoms with E-state index in [1.807, 2.05) is 4.90 Å². The summed E-state index contributed by atoms with van der Waals surface area (Å²) in [6, 6.07) is 0.508. The molecule has 2 rings (SSSR count). The van der Waals surface area contributed by atoms with E-state index in [4.69, 9.17) is 0 Å². The van der Waals surface area contributed by atoms with Crippen LogP contribution in [-0.2, 0) is 4.79 Å². The molecule has 0 bridgehead atoms. The van der Waals surface area contributed by atoms with E-state index < -0.39 is 0 Å². The molecular weight excluding hydrogens is 178 g/mol. The zero-order valence-corrected chi connectivity index (χ0v) is 8.78. The first-order chi connectivity index (χ1) is 6.72. The van der Waals surface area contributed by atoms with Gasteiger partial charge in [0.2, 0.25) is 5.91 Å². The molecule has 2 aliphatic heterocycles. The summed E-state index contributed by atoms with van der Waals surface area (Å²) in [7, 11) is 0. The molecule has 3 atom stereocenters. The summed E-state index contributed by atoms with van der Waals surface area (Å²) in [5.41, 5.74) is 0. The quantitative estimate of drug-likeness (QED) is 0.685. The lowest BCUT2D eigenvalue weighted by Gasteiger charge is -2.46. The van der Waals surface area contributed by atoms with E-state index in [1.165, 1.54) is 0 Å². The van der Waals surface area contributed by atoms with Crippen molar-refractivity contribution in [1.29, 1.82) is 0 Å². The average Bonchev–Trinajstić information content (AvgIpc) is 2.16. The van der Waals surface area contributed by atoms with Gasteiger partial charge in [-0.3, -0.25) is 4.79 Å². The zero-order valence-electron chi connectivity index (χ0n) is 8.78. The summed E-state index contributed by atoms with van der Waals surface area (Å²) in [4.78, 5) is 13.7. The van der Waals surface area contributed by atoms with Crippen LogP contribution in [0, 0.1) is 5.92 Å². The van der Waals surface area contributed by atoms with Crippen molar-refractivity contribution in [2.45, 2.75) is 51.1 Å². The molecule has 0 spiro atoms. The van der Waals surface area contributed by atoms with Crippen molar-refractivity contribution in [3.05, 3.63) is 0 Å². The van der Waals surface area contributed by atoms with Crippen LogP contribution in [0.3, 0.4) is 0 Å². The van der Waals surface area contributed by atoms with Crippen LogP contribution < -0.4 is 0 Å². The molecule has 2 aliphatic rings. The molecule has 2 heterocycles. The number of carbonyl (C=O) groups excluding carboxylic acids is 1. The van der Waals surface area contributed by atoms with E-state index in [2.05, 4.69) is 6.92 Å². The van der Waals surface area contributed by atoms with Gasteiger partial charge in [0.15, 0.2) is 0 Å². The second-order valence-corrected chi connectivity index (χ2v) is 4.76. The van der Waals surface area contributed by atoms with Crippen LogP contribution in [0.1, 0.15) is 39.0 Å². The summed E-state index contributed by atoms with van der Waals surface area (Å²) in [6.45, 7) is 2.35. The molecule has 14 heavy (non-hydrogen) atoms. The standard InChI is InChI=1S/C11H19NO2/c1-8-5-9-3-2-4-11(14)12(9)10(6-8)7-13/h8-10,13H,2-7H2,1H3/t8-,9-,10+/m0/s1. The molecule has 3 heteroatoms. The van der Waals surface area contributed by atoms with Crippen molar-refractivity contribution in [1.82, 2.24) is 4.90 Å². The molecule has 0 radical (unpaired) electrons. The van der Waals surface area contributed by atoms with Gasteiger partial charge in [-0.25, -0.2) is 0 Å². The number of rotatable bonds is 1. The summed E-state index contributed by atoms with van der Waals surface area (Å²) in [6.07, 6.45) is 4.94. The Labute approximate surface area is 85.1 Å². The number of fused-ring (bicyclic) bond motifs is 1. The Kier molecular flexibility index (Phi) is 2.77. The number of amides is 1. The summed E-state index contributed by atoms with van der Waals surface area (Å²) in [5, 5.41) is 9.27. The Balaban J connectivity index is 2.14. The summed E-state index contributed by atoms with van der Waals surface area (Å²) < 4.78 is 0. The molecule has 0 aliphatic carbocycles. The van der Waals surface area contributed by atoms with Gasteiger partial charge < -0.3 is 10.0 Å². The van der Waals surface area contributed by atoms with Crippen LogP contribution in [0.25, 0.3) is 0 Å². The molecule has 2 fully saturated rings. The molecule has 0 aromatic rings. The normalized spacial score (nSPS) is 38.3. The molecule has 2 saturated heterocycles. The zero-order chi connectivity index (χ0) is 10.1. The third-order valence-corrected chi connectivity index (χ3v) is 3.56. The monoisotopic (exact) mass is 197 g/mol. The van der Waals surface area contributed by atoms with Crippen LogP contribution in [0.4, 0.5) is 0 Å². The first kappa shape index (κ1) is 9.97. The Morgan fingerprint density at radius 3 is 3.00 bits per heavy atom. The van der Waals surface area contributed by atoms with Gasteiger partial charge in [0, 0.05) is 12.5 Å². The maximum Gasteiger partial charge on any atom is 0.223 e. The van der Waals surface area contributed by atoms with Crippen LogP contribution in [0.2, 0.25) is 0 Å². The largest absolute Gasteiger partial charge is 0.394 e. The topological polar surface area (TPSA) is 40.5 Å². The smallest absolute Gasteiger partial charge is 0.223 e. The fourth-order valence-electron chi connectivity index (χ4n) is 3.00. The van der Waals surface area contributed by atoms with E-state index in [-0.39, 0.29) is 18.6 Å². The highest BCUT2D eigenvalue weighted by molar-refractivity contribution is 5.77. The molecule has 0 aromatic carbocycles. The molecule has 3 nitrogen and oxygen atoms in total. The maximum absolute atomic E-state index is 11.7. The second kappa shape index (κ2) is 3.89. The SMILES string of the molecule is C[C@@H]1C[C@H](CO)N2C(=O)CCC[C@H]2C1. The highest BCUT2D eigenvalue weighted by atomic mass is 16.3. The van der Waals surface area contributed by atoms with Crippen LogP contribution in [0.15, 0.2) is 0 Å². The summed E-state index contributed by atoms with van der Waals surface area (Å²) >= 11 is 0. The van der Waals surface area contributed by atoms with Crippen LogP contribution in [-0.4, -0.2) is 34.6 Å². The maximum atomic E-state index is 11.7. The highest BCUT2D eigenvalue weighted by Gasteiger charge is 2.38. The van der Waals surface area contributed by atoms with Crippen molar-refractivity contribution in [2.24, 2.45) is 5.92 Å². The number of aliphatic hydroxyl groups excluding tert-OH is 1. The molecule has 0 unspecified atom stereocenters. The molecule has 1 N–H and O–H groups in total. The first-order valence-corrected chi connectivity index (χ1v) is 5.64. The van der Waals surface area contributed by atoms with Crippen molar-refractivity contribution >= 4 is 5.91 Å². The number of hydrogen-bond donors (Lipinski definition) is 1. The lowest BCUT2D eigenvalue weighted by Crippen LogP contribution is -2.55. The van der Waals surface area contributed by atoms with Gasteiger partial charge in [-0.1, -0.05) is 6.92 Å². The molecule has 1 amide bonds. The van der Waals surface area contributed by atoms with E-state index in [0.717, 1.165) is 25.7 Å². The minimum Gasteiger partial charge on any atom is -0.394 e. The minimum atomic E-state index is 0.0940. The number of carbonyl (C=O) groups is 1. The summed E-state index contributed by atoms with van der Waals surface area (Å²) in [5.74, 6) is 0.909. The fraction of sp³-hybridized carbons (Fsp3) is 0.909. The van der Waals surface area contributed by atoms with Crippen molar-refractivity contribution < 1.29 is 9.90 Å². The molecule has 0 aromatic heterocycles. The number of aliphatic hydroxyl groups is 1. The van der Waals surface area contributed by atoms with Gasteiger partial charge >= 0.3 is 0 Å². The van der Waals surface area contributed by atoms with Crippen molar-refractivity contribution in [3.63, 3.8) is 0 Å². The fourth-order valence-corrected chi connectivity index (χ4v) is 3.00. The minimum absolute atomic E-state index is 0.0940. The first-order valence-electron chi connectivity index (χ1n) is 5.64. The van der Waals surface area contributed by atoms with E-state index >= 15 is 0 Å². The van der Waals surface area contributed by atoms with Crippen LogP contribution >= 0.6 is 0 Å². The van der Waals surface area contributed by atoms with Crippen LogP contribution in [0.5, 0.6) is 0 Å². The second-order valence-electron chi connectivity index (χ2n) is 4.76. The van der Waals surface area contributed by atoms with E-state index in [9.17, 15) is 9.90 Å². The molecular formula is C11H19NO2. The number of nitrogens with zero attached hydrogens (tertiary/aromatic N) is 1. The average molecular weight is 197 g/mol. The van der Waals surface area contributed by atoms with Crippen molar-refractivity contribution in [2.75, 3.05) is 6.61 Å². The third-order valence-electron chi connectivity index (χ3n) is 3.56. The lowest BCUT2D eigenvalue weighted by atomic mass is 9.83. The van der Waals surface area contributed by atoms with Gasteiger partial charge in [0.05, 0.1) is 12.6 Å². The third kappa shape index (κ3) is 1.65. The van der Waals surface area contributed by atoms with Gasteiger partial charge in [-0.2, -0.15) is 0 Å². The Bertz CT molecular complexity index is 221. The molecule has 0 saturated carbocycles. The van der Waals surface area contributed by atoms with Gasteiger partial charge in [0.25, 0.3) is 0 Å². The predicted molar refractivity (Wildman–Crippen MR) is 53.8 cm³/mol. The Hall–Kier alpha value is -0.570. The van der Waals surface area contributed by atoms with Gasteiger partial charge in [-0.15, -0.1) is 0 Å². The van der Waals surface area contributed by atoms with E-state index in [1.54, 1.807) is 0 Å². The highest BCUT2D eigenvalue weighted by Crippen LogP contribution is 2.33. The number of piperidine rings is 2. The Morgan fingerprint density at radius 1 is 1.50 bits per heavy atom. The molecule has 80 valence electrons. The van der Waals surface area contributed by atoms with Gasteiger partial charge in [-0.05, 0) is 31.6 Å².